The Balaban J connectivity index is 2.22. The fraction of sp³-hybridized carbons (Fsp3) is 0.214. The maximum absolute atomic E-state index is 11.2. The number of primary amides is 1. The number of anilines is 1. The number of nitrogens with two attached hydrogens (primary N) is 1. The Bertz CT molecular complexity index is 607. The summed E-state index contributed by atoms with van der Waals surface area (Å²) in [6.07, 6.45) is 0. The molecule has 0 spiro atoms. The Morgan fingerprint density at radius 3 is 2.68 bits per heavy atom. The molecule has 2 rings (SSSR count). The van der Waals surface area contributed by atoms with Gasteiger partial charge in [0.05, 0.1) is 16.8 Å². The van der Waals surface area contributed by atoms with Crippen molar-refractivity contribution in [1.29, 1.82) is 0 Å². The van der Waals surface area contributed by atoms with Crippen molar-refractivity contribution in [3.05, 3.63) is 52.4 Å². The Kier molecular flexibility index (Phi) is 3.81. The minimum atomic E-state index is -0.485. The molecule has 4 nitrogen and oxygen atoms in total. The van der Waals surface area contributed by atoms with E-state index in [9.17, 15) is 4.79 Å². The zero-order valence-electron chi connectivity index (χ0n) is 10.7. The van der Waals surface area contributed by atoms with E-state index in [-0.39, 0.29) is 6.04 Å². The molecule has 1 atom stereocenters. The molecule has 0 saturated carbocycles. The number of benzene rings is 1. The summed E-state index contributed by atoms with van der Waals surface area (Å²) in [4.78, 5) is 11.2. The standard InChI is InChI=1S/C14H15ClN2O2/c1-8-3-6-13(19-8)9(2)17-12-7-10(14(16)18)4-5-11(12)15/h3-7,9,17H,1-2H3,(H2,16,18). The molecular weight excluding hydrogens is 264 g/mol. The molecule has 0 aliphatic heterocycles. The minimum absolute atomic E-state index is 0.0608. The molecule has 0 fully saturated rings. The van der Waals surface area contributed by atoms with Gasteiger partial charge < -0.3 is 15.5 Å². The molecule has 1 heterocycles. The van der Waals surface area contributed by atoms with E-state index in [4.69, 9.17) is 21.8 Å². The zero-order chi connectivity index (χ0) is 14.0. The highest BCUT2D eigenvalue weighted by Gasteiger charge is 2.12. The molecule has 100 valence electrons. The fourth-order valence-electron chi connectivity index (χ4n) is 1.78. The lowest BCUT2D eigenvalue weighted by atomic mass is 10.1. The van der Waals surface area contributed by atoms with Crippen molar-refractivity contribution >= 4 is 23.2 Å². The predicted octanol–water partition coefficient (Wildman–Crippen LogP) is 3.51. The van der Waals surface area contributed by atoms with Gasteiger partial charge in [-0.05, 0) is 44.2 Å². The highest BCUT2D eigenvalue weighted by Crippen LogP contribution is 2.27. The second-order valence-corrected chi connectivity index (χ2v) is 4.78. The third kappa shape index (κ3) is 3.09. The summed E-state index contributed by atoms with van der Waals surface area (Å²) < 4.78 is 5.54. The highest BCUT2D eigenvalue weighted by molar-refractivity contribution is 6.33. The quantitative estimate of drug-likeness (QED) is 0.899. The third-order valence-electron chi connectivity index (χ3n) is 2.81. The van der Waals surface area contributed by atoms with Crippen LogP contribution in [0.5, 0.6) is 0 Å². The van der Waals surface area contributed by atoms with Crippen LogP contribution in [0.2, 0.25) is 5.02 Å². The normalized spacial score (nSPS) is 12.2. The van der Waals surface area contributed by atoms with Gasteiger partial charge >= 0.3 is 0 Å². The molecule has 3 N–H and O–H groups in total. The minimum Gasteiger partial charge on any atom is -0.464 e. The van der Waals surface area contributed by atoms with E-state index in [1.54, 1.807) is 18.2 Å². The van der Waals surface area contributed by atoms with Crippen molar-refractivity contribution in [3.8, 4) is 0 Å². The molecule has 1 amide bonds. The van der Waals surface area contributed by atoms with Crippen LogP contribution in [-0.2, 0) is 0 Å². The SMILES string of the molecule is Cc1ccc(C(C)Nc2cc(C(N)=O)ccc2Cl)o1. The number of halogens is 1. The number of furan rings is 1. The fourth-order valence-corrected chi connectivity index (χ4v) is 1.95. The van der Waals surface area contributed by atoms with Crippen LogP contribution in [0.25, 0.3) is 0 Å². The van der Waals surface area contributed by atoms with Gasteiger partial charge in [0.2, 0.25) is 5.91 Å². The molecule has 2 aromatic rings. The average Bonchev–Trinajstić information content (AvgIpc) is 2.78. The first-order valence-electron chi connectivity index (χ1n) is 5.89. The lowest BCUT2D eigenvalue weighted by Gasteiger charge is -2.15. The summed E-state index contributed by atoms with van der Waals surface area (Å²) in [5.74, 6) is 1.17. The molecular formula is C14H15ClN2O2. The molecule has 1 aromatic heterocycles. The molecule has 5 heteroatoms. The van der Waals surface area contributed by atoms with Crippen molar-refractivity contribution in [1.82, 2.24) is 0 Å². The number of aryl methyl sites for hydroxylation is 1. The molecule has 0 saturated heterocycles. The number of nitrogens with one attached hydrogen (secondary N) is 1. The van der Waals surface area contributed by atoms with Crippen molar-refractivity contribution in [2.75, 3.05) is 5.32 Å². The Morgan fingerprint density at radius 1 is 1.37 bits per heavy atom. The number of carbonyl (C=O) groups excluding carboxylic acids is 1. The summed E-state index contributed by atoms with van der Waals surface area (Å²) >= 11 is 6.09. The number of hydrogen-bond donors (Lipinski definition) is 2. The summed E-state index contributed by atoms with van der Waals surface area (Å²) in [7, 11) is 0. The Hall–Kier alpha value is -1.94. The van der Waals surface area contributed by atoms with Gasteiger partial charge in [0.25, 0.3) is 0 Å². The summed E-state index contributed by atoms with van der Waals surface area (Å²) in [6, 6.07) is 8.61. The second-order valence-electron chi connectivity index (χ2n) is 4.37. The summed E-state index contributed by atoms with van der Waals surface area (Å²) in [5.41, 5.74) is 6.31. The number of hydrogen-bond acceptors (Lipinski definition) is 3. The van der Waals surface area contributed by atoms with Crippen molar-refractivity contribution in [2.24, 2.45) is 5.73 Å². The van der Waals surface area contributed by atoms with Gasteiger partial charge in [-0.15, -0.1) is 0 Å². The maximum atomic E-state index is 11.2. The van der Waals surface area contributed by atoms with E-state index in [0.717, 1.165) is 11.5 Å². The van der Waals surface area contributed by atoms with E-state index in [0.29, 0.717) is 16.3 Å². The molecule has 1 aromatic carbocycles. The number of rotatable bonds is 4. The van der Waals surface area contributed by atoms with Gasteiger partial charge in [-0.2, -0.15) is 0 Å². The first-order chi connectivity index (χ1) is 8.97. The topological polar surface area (TPSA) is 68.3 Å². The summed E-state index contributed by atoms with van der Waals surface area (Å²) in [5, 5.41) is 3.73. The van der Waals surface area contributed by atoms with Crippen molar-refractivity contribution in [2.45, 2.75) is 19.9 Å². The first-order valence-corrected chi connectivity index (χ1v) is 6.27. The monoisotopic (exact) mass is 278 g/mol. The smallest absolute Gasteiger partial charge is 0.248 e. The van der Waals surface area contributed by atoms with E-state index in [1.165, 1.54) is 0 Å². The van der Waals surface area contributed by atoms with Crippen LogP contribution < -0.4 is 11.1 Å². The number of carbonyl (C=O) groups is 1. The van der Waals surface area contributed by atoms with Gasteiger partial charge in [-0.1, -0.05) is 11.6 Å². The lowest BCUT2D eigenvalue weighted by Crippen LogP contribution is -2.12. The Labute approximate surface area is 116 Å². The molecule has 19 heavy (non-hydrogen) atoms. The van der Waals surface area contributed by atoms with E-state index in [1.807, 2.05) is 26.0 Å². The second kappa shape index (κ2) is 5.36. The van der Waals surface area contributed by atoms with Crippen molar-refractivity contribution in [3.63, 3.8) is 0 Å². The van der Waals surface area contributed by atoms with Gasteiger partial charge in [0.15, 0.2) is 0 Å². The molecule has 0 radical (unpaired) electrons. The third-order valence-corrected chi connectivity index (χ3v) is 3.14. The maximum Gasteiger partial charge on any atom is 0.248 e. The molecule has 0 aliphatic carbocycles. The van der Waals surface area contributed by atoms with E-state index in [2.05, 4.69) is 5.32 Å². The van der Waals surface area contributed by atoms with Gasteiger partial charge in [-0.3, -0.25) is 4.79 Å². The van der Waals surface area contributed by atoms with Crippen LogP contribution in [-0.4, -0.2) is 5.91 Å². The summed E-state index contributed by atoms with van der Waals surface area (Å²) in [6.45, 7) is 3.84. The molecule has 1 unspecified atom stereocenters. The van der Waals surface area contributed by atoms with E-state index >= 15 is 0 Å². The molecule has 0 bridgehead atoms. The predicted molar refractivity (Wildman–Crippen MR) is 75.5 cm³/mol. The van der Waals surface area contributed by atoms with Gasteiger partial charge in [-0.25, -0.2) is 0 Å². The van der Waals surface area contributed by atoms with Crippen LogP contribution in [0.3, 0.4) is 0 Å². The van der Waals surface area contributed by atoms with Gasteiger partial charge in [0.1, 0.15) is 11.5 Å². The van der Waals surface area contributed by atoms with Crippen LogP contribution in [0, 0.1) is 6.92 Å². The average molecular weight is 279 g/mol. The zero-order valence-corrected chi connectivity index (χ0v) is 11.5. The van der Waals surface area contributed by atoms with Crippen molar-refractivity contribution < 1.29 is 9.21 Å². The van der Waals surface area contributed by atoms with Crippen LogP contribution in [0.4, 0.5) is 5.69 Å². The molecule has 0 aliphatic rings. The van der Waals surface area contributed by atoms with Gasteiger partial charge in [0, 0.05) is 5.56 Å². The van der Waals surface area contributed by atoms with Crippen LogP contribution in [0.15, 0.2) is 34.7 Å². The highest BCUT2D eigenvalue weighted by atomic mass is 35.5. The van der Waals surface area contributed by atoms with E-state index < -0.39 is 5.91 Å². The van der Waals surface area contributed by atoms with Crippen LogP contribution >= 0.6 is 11.6 Å². The Morgan fingerprint density at radius 2 is 2.11 bits per heavy atom. The van der Waals surface area contributed by atoms with Crippen LogP contribution in [0.1, 0.15) is 34.8 Å². The first kappa shape index (κ1) is 13.5. The largest absolute Gasteiger partial charge is 0.464 e. The number of amides is 1. The lowest BCUT2D eigenvalue weighted by molar-refractivity contribution is 0.100.